The van der Waals surface area contributed by atoms with Gasteiger partial charge in [-0.1, -0.05) is 0 Å². The van der Waals surface area contributed by atoms with Crippen molar-refractivity contribution in [1.82, 2.24) is 14.8 Å². The van der Waals surface area contributed by atoms with Crippen molar-refractivity contribution in [2.24, 2.45) is 0 Å². The van der Waals surface area contributed by atoms with E-state index in [9.17, 15) is 9.90 Å². The second-order valence-corrected chi connectivity index (χ2v) is 6.46. The van der Waals surface area contributed by atoms with E-state index in [0.29, 0.717) is 12.8 Å². The first-order chi connectivity index (χ1) is 9.54. The first-order valence-corrected chi connectivity index (χ1v) is 8.02. The first-order valence-electron chi connectivity index (χ1n) is 7.14. The van der Waals surface area contributed by atoms with Gasteiger partial charge in [-0.15, -0.1) is 11.3 Å². The molecule has 0 spiro atoms. The van der Waals surface area contributed by atoms with Gasteiger partial charge in [0.05, 0.1) is 16.8 Å². The van der Waals surface area contributed by atoms with Crippen LogP contribution < -0.4 is 0 Å². The summed E-state index contributed by atoms with van der Waals surface area (Å²) in [6.45, 7) is 7.98. The highest BCUT2D eigenvalue weighted by atomic mass is 32.1. The van der Waals surface area contributed by atoms with E-state index in [2.05, 4.69) is 15.3 Å². The highest BCUT2D eigenvalue weighted by Crippen LogP contribution is 2.13. The molecular formula is C14H23N3O2S. The maximum Gasteiger partial charge on any atom is 0.222 e. The van der Waals surface area contributed by atoms with Crippen molar-refractivity contribution in [3.8, 4) is 0 Å². The Morgan fingerprint density at radius 3 is 2.70 bits per heavy atom. The van der Waals surface area contributed by atoms with E-state index in [1.165, 1.54) is 0 Å². The number of hydrogen-bond donors (Lipinski definition) is 1. The number of aromatic nitrogens is 1. The Kier molecular flexibility index (Phi) is 5.51. The molecule has 1 amide bonds. The molecule has 5 nitrogen and oxygen atoms in total. The van der Waals surface area contributed by atoms with Gasteiger partial charge in [-0.25, -0.2) is 4.98 Å². The topological polar surface area (TPSA) is 56.7 Å². The second kappa shape index (κ2) is 7.15. The van der Waals surface area contributed by atoms with Crippen LogP contribution in [0.1, 0.15) is 30.5 Å². The van der Waals surface area contributed by atoms with E-state index in [4.69, 9.17) is 0 Å². The smallest absolute Gasteiger partial charge is 0.222 e. The lowest BCUT2D eigenvalue weighted by atomic mass is 10.2. The van der Waals surface area contributed by atoms with Gasteiger partial charge in [-0.3, -0.25) is 9.69 Å². The third kappa shape index (κ3) is 4.54. The lowest BCUT2D eigenvalue weighted by Gasteiger charge is -2.34. The Morgan fingerprint density at radius 1 is 1.45 bits per heavy atom. The van der Waals surface area contributed by atoms with Crippen molar-refractivity contribution in [1.29, 1.82) is 0 Å². The predicted molar refractivity (Wildman–Crippen MR) is 79.6 cm³/mol. The predicted octanol–water partition coefficient (Wildman–Crippen LogP) is 1.26. The number of piperazine rings is 1. The molecule has 1 aromatic heterocycles. The maximum absolute atomic E-state index is 12.0. The minimum atomic E-state index is -0.395. The quantitative estimate of drug-likeness (QED) is 0.889. The Bertz CT molecular complexity index is 439. The van der Waals surface area contributed by atoms with Crippen molar-refractivity contribution in [3.63, 3.8) is 0 Å². The summed E-state index contributed by atoms with van der Waals surface area (Å²) in [4.78, 5) is 20.7. The van der Waals surface area contributed by atoms with Crippen LogP contribution in [0, 0.1) is 6.92 Å². The first kappa shape index (κ1) is 15.4. The minimum absolute atomic E-state index is 0.162. The molecule has 2 heterocycles. The van der Waals surface area contributed by atoms with E-state index in [1.54, 1.807) is 18.3 Å². The zero-order chi connectivity index (χ0) is 14.5. The Balaban J connectivity index is 1.73. The summed E-state index contributed by atoms with van der Waals surface area (Å²) in [6, 6.07) is 0. The van der Waals surface area contributed by atoms with E-state index in [0.717, 1.165) is 43.4 Å². The maximum atomic E-state index is 12.0. The van der Waals surface area contributed by atoms with Gasteiger partial charge in [0, 0.05) is 44.5 Å². The lowest BCUT2D eigenvalue weighted by Crippen LogP contribution is -2.48. The average Bonchev–Trinajstić information content (AvgIpc) is 2.82. The number of aliphatic hydroxyl groups is 1. The van der Waals surface area contributed by atoms with E-state index in [1.807, 2.05) is 11.8 Å². The molecule has 0 saturated carbocycles. The van der Waals surface area contributed by atoms with Crippen LogP contribution in [0.3, 0.4) is 0 Å². The number of carbonyl (C=O) groups excluding carboxylic acids is 1. The van der Waals surface area contributed by atoms with E-state index in [-0.39, 0.29) is 5.91 Å². The van der Waals surface area contributed by atoms with Crippen molar-refractivity contribution >= 4 is 17.2 Å². The number of hydrogen-bond acceptors (Lipinski definition) is 5. The molecule has 0 aliphatic carbocycles. The normalized spacial score (nSPS) is 18.2. The number of amides is 1. The van der Waals surface area contributed by atoms with Gasteiger partial charge >= 0.3 is 0 Å². The molecule has 1 aromatic rings. The van der Waals surface area contributed by atoms with Crippen LogP contribution in [0.25, 0.3) is 0 Å². The Hall–Kier alpha value is -0.980. The molecule has 1 saturated heterocycles. The summed E-state index contributed by atoms with van der Waals surface area (Å²) >= 11 is 1.68. The fraction of sp³-hybridized carbons (Fsp3) is 0.714. The average molecular weight is 297 g/mol. The molecule has 1 aliphatic rings. The van der Waals surface area contributed by atoms with Crippen LogP contribution in [0.4, 0.5) is 0 Å². The van der Waals surface area contributed by atoms with Crippen LogP contribution in [-0.2, 0) is 11.3 Å². The third-order valence-electron chi connectivity index (χ3n) is 3.55. The fourth-order valence-corrected chi connectivity index (χ4v) is 2.96. The fourth-order valence-electron chi connectivity index (χ4n) is 2.36. The molecule has 1 N–H and O–H groups in total. The number of nitrogens with zero attached hydrogens (tertiary/aromatic N) is 3. The lowest BCUT2D eigenvalue weighted by molar-refractivity contribution is -0.133. The number of thiazole rings is 1. The molecular weight excluding hydrogens is 274 g/mol. The number of rotatable bonds is 5. The Morgan fingerprint density at radius 2 is 2.15 bits per heavy atom. The van der Waals surface area contributed by atoms with Crippen LogP contribution in [0.15, 0.2) is 5.38 Å². The third-order valence-corrected chi connectivity index (χ3v) is 4.38. The van der Waals surface area contributed by atoms with Crippen LogP contribution in [0.2, 0.25) is 0 Å². The summed E-state index contributed by atoms with van der Waals surface area (Å²) in [7, 11) is 0. The number of carbonyl (C=O) groups is 1. The molecule has 6 heteroatoms. The summed E-state index contributed by atoms with van der Waals surface area (Å²) in [5.41, 5.74) is 1.13. The highest BCUT2D eigenvalue weighted by molar-refractivity contribution is 7.09. The van der Waals surface area contributed by atoms with Crippen molar-refractivity contribution < 1.29 is 9.90 Å². The summed E-state index contributed by atoms with van der Waals surface area (Å²) in [5, 5.41) is 12.4. The monoisotopic (exact) mass is 297 g/mol. The van der Waals surface area contributed by atoms with Gasteiger partial charge in [0.25, 0.3) is 0 Å². The molecule has 0 aromatic carbocycles. The molecule has 0 radical (unpaired) electrons. The minimum Gasteiger partial charge on any atom is -0.393 e. The van der Waals surface area contributed by atoms with E-state index < -0.39 is 6.10 Å². The number of aryl methyl sites for hydroxylation is 1. The number of aliphatic hydroxyl groups excluding tert-OH is 1. The summed E-state index contributed by atoms with van der Waals surface area (Å²) < 4.78 is 0. The molecule has 0 bridgehead atoms. The van der Waals surface area contributed by atoms with Crippen molar-refractivity contribution in [2.45, 2.75) is 39.3 Å². The van der Waals surface area contributed by atoms with Gasteiger partial charge in [-0.05, 0) is 20.3 Å². The molecule has 112 valence electrons. The van der Waals surface area contributed by atoms with Crippen LogP contribution in [0.5, 0.6) is 0 Å². The Labute approximate surface area is 124 Å². The van der Waals surface area contributed by atoms with Crippen LogP contribution in [-0.4, -0.2) is 58.1 Å². The molecule has 1 unspecified atom stereocenters. The van der Waals surface area contributed by atoms with Gasteiger partial charge < -0.3 is 10.0 Å². The second-order valence-electron chi connectivity index (χ2n) is 5.40. The van der Waals surface area contributed by atoms with Crippen molar-refractivity contribution in [3.05, 3.63) is 16.1 Å². The van der Waals surface area contributed by atoms with E-state index >= 15 is 0 Å². The molecule has 20 heavy (non-hydrogen) atoms. The largest absolute Gasteiger partial charge is 0.393 e. The van der Waals surface area contributed by atoms with Crippen molar-refractivity contribution in [2.75, 3.05) is 26.2 Å². The summed E-state index contributed by atoms with van der Waals surface area (Å²) in [5.74, 6) is 0.162. The van der Waals surface area contributed by atoms with Gasteiger partial charge in [0.1, 0.15) is 0 Å². The highest BCUT2D eigenvalue weighted by Gasteiger charge is 2.21. The van der Waals surface area contributed by atoms with Gasteiger partial charge in [-0.2, -0.15) is 0 Å². The molecule has 1 aliphatic heterocycles. The zero-order valence-corrected chi connectivity index (χ0v) is 13.0. The van der Waals surface area contributed by atoms with Crippen LogP contribution >= 0.6 is 11.3 Å². The zero-order valence-electron chi connectivity index (χ0n) is 12.2. The molecule has 2 rings (SSSR count). The standard InChI is InChI=1S/C14H23N3O2S/c1-11(18)3-4-14(19)17-7-5-16(6-8-17)9-13-10-20-12(2)15-13/h10-11,18H,3-9H2,1-2H3. The SMILES string of the molecule is Cc1nc(CN2CCN(C(=O)CCC(C)O)CC2)cs1. The summed E-state index contributed by atoms with van der Waals surface area (Å²) in [6.07, 6.45) is 0.605. The molecule has 1 fully saturated rings. The van der Waals surface area contributed by atoms with Gasteiger partial charge in [0.15, 0.2) is 0 Å². The van der Waals surface area contributed by atoms with Gasteiger partial charge in [0.2, 0.25) is 5.91 Å². The molecule has 1 atom stereocenters.